The van der Waals surface area contributed by atoms with Gasteiger partial charge < -0.3 is 15.4 Å². The lowest BCUT2D eigenvalue weighted by molar-refractivity contribution is -0.127. The van der Waals surface area contributed by atoms with E-state index in [0.717, 1.165) is 70.1 Å². The summed E-state index contributed by atoms with van der Waals surface area (Å²) in [6, 6.07) is 0.731. The molecule has 2 aliphatic heterocycles. The number of rotatable bonds is 6. The zero-order valence-corrected chi connectivity index (χ0v) is 18.8. The molecule has 1 amide bonds. The minimum atomic E-state index is 0.158. The van der Waals surface area contributed by atoms with Gasteiger partial charge in [-0.25, -0.2) is 0 Å². The van der Waals surface area contributed by atoms with Crippen LogP contribution < -0.4 is 26.6 Å². The van der Waals surface area contributed by atoms with E-state index in [1.54, 1.807) is 0 Å². The van der Waals surface area contributed by atoms with Crippen LogP contribution >= 0.6 is 0 Å². The van der Waals surface area contributed by atoms with Gasteiger partial charge in [0.05, 0.1) is 6.10 Å². The second-order valence-electron chi connectivity index (χ2n) is 10.1. The van der Waals surface area contributed by atoms with Crippen LogP contribution in [0.2, 0.25) is 0 Å². The fourth-order valence-corrected chi connectivity index (χ4v) is 6.04. The number of carbonyl (C=O) groups is 1. The van der Waals surface area contributed by atoms with E-state index in [-0.39, 0.29) is 18.1 Å². The van der Waals surface area contributed by atoms with Gasteiger partial charge in [-0.3, -0.25) is 20.7 Å². The van der Waals surface area contributed by atoms with Crippen molar-refractivity contribution in [2.24, 2.45) is 17.8 Å². The molecule has 2 heterocycles. The van der Waals surface area contributed by atoms with Gasteiger partial charge in [-0.15, -0.1) is 0 Å². The van der Waals surface area contributed by atoms with Gasteiger partial charge in [-0.1, -0.05) is 6.42 Å². The Morgan fingerprint density at radius 3 is 2.33 bits per heavy atom. The molecule has 2 saturated heterocycles. The number of nitrogens with one attached hydrogen (secondary N) is 5. The molecule has 4 aliphatic rings. The van der Waals surface area contributed by atoms with Crippen molar-refractivity contribution in [2.45, 2.75) is 88.7 Å². The van der Waals surface area contributed by atoms with Gasteiger partial charge in [-0.05, 0) is 76.2 Å². The van der Waals surface area contributed by atoms with Crippen molar-refractivity contribution in [3.05, 3.63) is 0 Å². The molecular formula is C23H43N5O2. The second-order valence-corrected chi connectivity index (χ2v) is 10.1. The molecule has 3 atom stereocenters. The first-order chi connectivity index (χ1) is 14.7. The summed E-state index contributed by atoms with van der Waals surface area (Å²) in [6.45, 7) is 4.17. The summed E-state index contributed by atoms with van der Waals surface area (Å²) < 4.78 is 5.52. The van der Waals surface area contributed by atoms with Gasteiger partial charge >= 0.3 is 0 Å². The van der Waals surface area contributed by atoms with Crippen LogP contribution in [-0.2, 0) is 9.53 Å². The highest BCUT2D eigenvalue weighted by Crippen LogP contribution is 2.32. The molecule has 0 aromatic carbocycles. The van der Waals surface area contributed by atoms with Crippen LogP contribution in [0, 0.1) is 17.8 Å². The topological polar surface area (TPSA) is 86.5 Å². The van der Waals surface area contributed by atoms with E-state index in [0.29, 0.717) is 18.2 Å². The van der Waals surface area contributed by atoms with Crippen molar-refractivity contribution < 1.29 is 9.53 Å². The molecule has 3 unspecified atom stereocenters. The first kappa shape index (κ1) is 22.5. The summed E-state index contributed by atoms with van der Waals surface area (Å²) in [7, 11) is 1.84. The predicted octanol–water partition coefficient (Wildman–Crippen LogP) is 1.30. The molecule has 4 fully saturated rings. The third kappa shape index (κ3) is 6.16. The van der Waals surface area contributed by atoms with Gasteiger partial charge in [0, 0.05) is 44.7 Å². The average Bonchev–Trinajstić information content (AvgIpc) is 2.80. The second kappa shape index (κ2) is 11.2. The zero-order chi connectivity index (χ0) is 20.8. The maximum atomic E-state index is 12.8. The quantitative estimate of drug-likeness (QED) is 0.445. The molecule has 2 saturated carbocycles. The summed E-state index contributed by atoms with van der Waals surface area (Å²) in [4.78, 5) is 12.8. The SMILES string of the molecule is COC1CCC(C2CNC(NC3CCCC(C(=O)NC4CCCNC4)C3)NC2)CC1. The fourth-order valence-electron chi connectivity index (χ4n) is 6.04. The Morgan fingerprint density at radius 1 is 0.867 bits per heavy atom. The normalized spacial score (nSPS) is 40.6. The maximum Gasteiger partial charge on any atom is 0.223 e. The maximum absolute atomic E-state index is 12.8. The highest BCUT2D eigenvalue weighted by atomic mass is 16.5. The van der Waals surface area contributed by atoms with E-state index >= 15 is 0 Å². The third-order valence-electron chi connectivity index (χ3n) is 7.98. The van der Waals surface area contributed by atoms with Crippen LogP contribution in [0.3, 0.4) is 0 Å². The molecule has 0 aromatic heterocycles. The number of methoxy groups -OCH3 is 1. The van der Waals surface area contributed by atoms with E-state index in [9.17, 15) is 4.79 Å². The Kier molecular flexibility index (Phi) is 8.41. The van der Waals surface area contributed by atoms with Crippen LogP contribution in [-0.4, -0.2) is 63.7 Å². The smallest absolute Gasteiger partial charge is 0.223 e. The van der Waals surface area contributed by atoms with Crippen LogP contribution in [0.1, 0.15) is 64.2 Å². The van der Waals surface area contributed by atoms with Crippen molar-refractivity contribution in [1.82, 2.24) is 26.6 Å². The summed E-state index contributed by atoms with van der Waals surface area (Å²) in [5, 5.41) is 17.8. The standard InChI is InChI=1S/C23H43N5O2/c1-30-21-9-7-16(8-10-21)18-13-25-23(26-14-18)28-19-5-2-4-17(12-19)22(29)27-20-6-3-11-24-15-20/h16-21,23-26,28H,2-15H2,1H3,(H,27,29). The molecule has 2 aliphatic carbocycles. The minimum Gasteiger partial charge on any atom is -0.381 e. The molecule has 7 nitrogen and oxygen atoms in total. The predicted molar refractivity (Wildman–Crippen MR) is 119 cm³/mol. The Bertz CT molecular complexity index is 526. The number of amides is 1. The molecule has 0 bridgehead atoms. The van der Waals surface area contributed by atoms with E-state index in [1.807, 2.05) is 7.11 Å². The Morgan fingerprint density at radius 2 is 1.63 bits per heavy atom. The van der Waals surface area contributed by atoms with Crippen molar-refractivity contribution in [1.29, 1.82) is 0 Å². The summed E-state index contributed by atoms with van der Waals surface area (Å²) >= 11 is 0. The summed E-state index contributed by atoms with van der Waals surface area (Å²) in [5.41, 5.74) is 0. The summed E-state index contributed by atoms with van der Waals surface area (Å²) in [5.74, 6) is 1.96. The number of hydrogen-bond donors (Lipinski definition) is 5. The van der Waals surface area contributed by atoms with Gasteiger partial charge in [-0.2, -0.15) is 0 Å². The minimum absolute atomic E-state index is 0.158. The van der Waals surface area contributed by atoms with E-state index in [4.69, 9.17) is 4.74 Å². The first-order valence-corrected chi connectivity index (χ1v) is 12.5. The van der Waals surface area contributed by atoms with Crippen LogP contribution in [0.5, 0.6) is 0 Å². The zero-order valence-electron chi connectivity index (χ0n) is 18.8. The number of carbonyl (C=O) groups excluding carboxylic acids is 1. The largest absolute Gasteiger partial charge is 0.381 e. The number of hydrogen-bond acceptors (Lipinski definition) is 6. The molecule has 30 heavy (non-hydrogen) atoms. The highest BCUT2D eigenvalue weighted by molar-refractivity contribution is 5.79. The van der Waals surface area contributed by atoms with Crippen LogP contribution in [0.15, 0.2) is 0 Å². The Labute approximate surface area is 182 Å². The lowest BCUT2D eigenvalue weighted by Crippen LogP contribution is -2.63. The average molecular weight is 422 g/mol. The summed E-state index contributed by atoms with van der Waals surface area (Å²) in [6.07, 6.45) is 12.2. The number of piperidine rings is 1. The molecule has 0 aromatic rings. The molecule has 4 rings (SSSR count). The van der Waals surface area contributed by atoms with Crippen molar-refractivity contribution in [3.63, 3.8) is 0 Å². The molecular weight excluding hydrogens is 378 g/mol. The van der Waals surface area contributed by atoms with Gasteiger partial charge in [0.2, 0.25) is 5.91 Å². The van der Waals surface area contributed by atoms with Crippen molar-refractivity contribution in [3.8, 4) is 0 Å². The van der Waals surface area contributed by atoms with E-state index in [2.05, 4.69) is 26.6 Å². The van der Waals surface area contributed by atoms with Crippen molar-refractivity contribution >= 4 is 5.91 Å². The molecule has 172 valence electrons. The van der Waals surface area contributed by atoms with Crippen LogP contribution in [0.25, 0.3) is 0 Å². The number of ether oxygens (including phenoxy) is 1. The molecule has 0 spiro atoms. The van der Waals surface area contributed by atoms with Crippen molar-refractivity contribution in [2.75, 3.05) is 33.3 Å². The fraction of sp³-hybridized carbons (Fsp3) is 0.957. The lowest BCUT2D eigenvalue weighted by atomic mass is 9.78. The monoisotopic (exact) mass is 421 g/mol. The Hall–Kier alpha value is -0.730. The first-order valence-electron chi connectivity index (χ1n) is 12.5. The van der Waals surface area contributed by atoms with Crippen LogP contribution in [0.4, 0.5) is 0 Å². The van der Waals surface area contributed by atoms with E-state index < -0.39 is 0 Å². The van der Waals surface area contributed by atoms with Gasteiger partial charge in [0.1, 0.15) is 6.29 Å². The van der Waals surface area contributed by atoms with Gasteiger partial charge in [0.15, 0.2) is 0 Å². The lowest BCUT2D eigenvalue weighted by Gasteiger charge is -2.40. The molecule has 5 N–H and O–H groups in total. The highest BCUT2D eigenvalue weighted by Gasteiger charge is 2.33. The Balaban J connectivity index is 1.16. The molecule has 7 heteroatoms. The van der Waals surface area contributed by atoms with E-state index in [1.165, 1.54) is 32.1 Å². The van der Waals surface area contributed by atoms with Gasteiger partial charge in [0.25, 0.3) is 0 Å². The molecule has 0 radical (unpaired) electrons. The third-order valence-corrected chi connectivity index (χ3v) is 7.98.